The third kappa shape index (κ3) is 4.62. The van der Waals surface area contributed by atoms with Crippen molar-refractivity contribution in [3.8, 4) is 0 Å². The Labute approximate surface area is 145 Å². The van der Waals surface area contributed by atoms with Gasteiger partial charge in [-0.05, 0) is 36.5 Å². The van der Waals surface area contributed by atoms with Crippen molar-refractivity contribution in [2.75, 3.05) is 0 Å². The standard InChI is InChI=1S/C20H20F3NO/c21-20(22,23)18-9-5-4-8-16(18)14-24(17-11-12-17)19(25)13-10-15-6-2-1-3-7-15/h1-9,17H,10-14H2. The van der Waals surface area contributed by atoms with E-state index in [1.807, 2.05) is 30.3 Å². The molecule has 1 aliphatic rings. The molecule has 0 aliphatic heterocycles. The number of carbonyl (C=O) groups excluding carboxylic acids is 1. The zero-order valence-corrected chi connectivity index (χ0v) is 13.8. The maximum atomic E-state index is 13.2. The summed E-state index contributed by atoms with van der Waals surface area (Å²) in [6, 6.07) is 15.2. The molecule has 1 amide bonds. The number of amides is 1. The number of benzene rings is 2. The summed E-state index contributed by atoms with van der Waals surface area (Å²) in [5.41, 5.74) is 0.564. The summed E-state index contributed by atoms with van der Waals surface area (Å²) in [5, 5.41) is 0. The lowest BCUT2D eigenvalue weighted by Gasteiger charge is -2.24. The van der Waals surface area contributed by atoms with Crippen LogP contribution in [0.5, 0.6) is 0 Å². The van der Waals surface area contributed by atoms with E-state index in [0.717, 1.165) is 24.5 Å². The number of halogens is 3. The third-order valence-electron chi connectivity index (χ3n) is 4.44. The molecular formula is C20H20F3NO. The molecule has 1 saturated carbocycles. The molecule has 0 heterocycles. The minimum Gasteiger partial charge on any atom is -0.335 e. The Morgan fingerprint density at radius 1 is 1.00 bits per heavy atom. The fourth-order valence-electron chi connectivity index (χ4n) is 2.96. The molecule has 2 aromatic rings. The summed E-state index contributed by atoms with van der Waals surface area (Å²) in [6.07, 6.45) is -1.76. The van der Waals surface area contributed by atoms with Gasteiger partial charge in [0.15, 0.2) is 0 Å². The van der Waals surface area contributed by atoms with Gasteiger partial charge >= 0.3 is 6.18 Å². The van der Waals surface area contributed by atoms with Gasteiger partial charge in [0.05, 0.1) is 5.56 Å². The molecule has 0 bridgehead atoms. The lowest BCUT2D eigenvalue weighted by atomic mass is 10.1. The van der Waals surface area contributed by atoms with Crippen molar-refractivity contribution in [3.05, 3.63) is 71.3 Å². The molecule has 3 rings (SSSR count). The molecule has 1 fully saturated rings. The van der Waals surface area contributed by atoms with E-state index in [9.17, 15) is 18.0 Å². The van der Waals surface area contributed by atoms with Crippen LogP contribution < -0.4 is 0 Å². The van der Waals surface area contributed by atoms with Crippen molar-refractivity contribution >= 4 is 5.91 Å². The first-order chi connectivity index (χ1) is 11.9. The highest BCUT2D eigenvalue weighted by molar-refractivity contribution is 5.77. The molecule has 0 atom stereocenters. The summed E-state index contributed by atoms with van der Waals surface area (Å²) in [4.78, 5) is 14.2. The van der Waals surface area contributed by atoms with E-state index in [2.05, 4.69) is 0 Å². The largest absolute Gasteiger partial charge is 0.416 e. The molecule has 2 aromatic carbocycles. The molecule has 0 saturated heterocycles. The highest BCUT2D eigenvalue weighted by Gasteiger charge is 2.36. The van der Waals surface area contributed by atoms with E-state index < -0.39 is 11.7 Å². The van der Waals surface area contributed by atoms with Gasteiger partial charge in [-0.1, -0.05) is 48.5 Å². The number of aryl methyl sites for hydroxylation is 1. The number of carbonyl (C=O) groups is 1. The second kappa shape index (κ2) is 7.30. The number of nitrogens with zero attached hydrogens (tertiary/aromatic N) is 1. The van der Waals surface area contributed by atoms with Crippen molar-refractivity contribution in [3.63, 3.8) is 0 Å². The molecule has 2 nitrogen and oxygen atoms in total. The summed E-state index contributed by atoms with van der Waals surface area (Å²) in [7, 11) is 0. The minimum absolute atomic E-state index is 0.0218. The SMILES string of the molecule is O=C(CCc1ccccc1)N(Cc1ccccc1C(F)(F)F)C1CC1. The van der Waals surface area contributed by atoms with Gasteiger partial charge in [-0.3, -0.25) is 4.79 Å². The third-order valence-corrected chi connectivity index (χ3v) is 4.44. The van der Waals surface area contributed by atoms with Crippen molar-refractivity contribution < 1.29 is 18.0 Å². The van der Waals surface area contributed by atoms with E-state index >= 15 is 0 Å². The van der Waals surface area contributed by atoms with Crippen LogP contribution in [0.2, 0.25) is 0 Å². The van der Waals surface area contributed by atoms with Crippen LogP contribution >= 0.6 is 0 Å². The Morgan fingerprint density at radius 2 is 1.64 bits per heavy atom. The Kier molecular flexibility index (Phi) is 5.11. The van der Waals surface area contributed by atoms with Crippen LogP contribution in [0.4, 0.5) is 13.2 Å². The minimum atomic E-state index is -4.40. The van der Waals surface area contributed by atoms with Crippen LogP contribution in [0.15, 0.2) is 54.6 Å². The van der Waals surface area contributed by atoms with Crippen LogP contribution in [-0.4, -0.2) is 16.8 Å². The topological polar surface area (TPSA) is 20.3 Å². The Balaban J connectivity index is 1.71. The Hall–Kier alpha value is -2.30. The molecule has 0 aromatic heterocycles. The quantitative estimate of drug-likeness (QED) is 0.733. The zero-order chi connectivity index (χ0) is 17.9. The van der Waals surface area contributed by atoms with Crippen molar-refractivity contribution in [2.45, 2.75) is 44.4 Å². The van der Waals surface area contributed by atoms with E-state index in [1.54, 1.807) is 11.0 Å². The van der Waals surface area contributed by atoms with Gasteiger partial charge in [0, 0.05) is 19.0 Å². The van der Waals surface area contributed by atoms with Crippen LogP contribution in [0.25, 0.3) is 0 Å². The smallest absolute Gasteiger partial charge is 0.335 e. The van der Waals surface area contributed by atoms with Gasteiger partial charge in [0.1, 0.15) is 0 Å². The predicted octanol–water partition coefficient (Wildman–Crippen LogP) is 4.83. The normalized spacial score (nSPS) is 14.4. The van der Waals surface area contributed by atoms with Gasteiger partial charge in [0.25, 0.3) is 0 Å². The maximum absolute atomic E-state index is 13.2. The summed E-state index contributed by atoms with van der Waals surface area (Å²) in [6.45, 7) is 0.0218. The number of hydrogen-bond donors (Lipinski definition) is 0. The second-order valence-electron chi connectivity index (χ2n) is 6.39. The van der Waals surface area contributed by atoms with Crippen molar-refractivity contribution in [1.82, 2.24) is 4.90 Å². The lowest BCUT2D eigenvalue weighted by Crippen LogP contribution is -2.33. The predicted molar refractivity (Wildman–Crippen MR) is 89.8 cm³/mol. The van der Waals surface area contributed by atoms with Crippen LogP contribution in [0.3, 0.4) is 0 Å². The lowest BCUT2D eigenvalue weighted by molar-refractivity contribution is -0.140. The van der Waals surface area contributed by atoms with E-state index in [4.69, 9.17) is 0 Å². The molecule has 5 heteroatoms. The van der Waals surface area contributed by atoms with Gasteiger partial charge < -0.3 is 4.90 Å². The first-order valence-electron chi connectivity index (χ1n) is 8.43. The highest BCUT2D eigenvalue weighted by Crippen LogP contribution is 2.35. The van der Waals surface area contributed by atoms with E-state index in [1.165, 1.54) is 12.1 Å². The molecular weight excluding hydrogens is 327 g/mol. The zero-order valence-electron chi connectivity index (χ0n) is 13.8. The average molecular weight is 347 g/mol. The van der Waals surface area contributed by atoms with Crippen LogP contribution in [-0.2, 0) is 23.9 Å². The van der Waals surface area contributed by atoms with Crippen molar-refractivity contribution in [2.24, 2.45) is 0 Å². The Bertz CT molecular complexity index is 723. The van der Waals surface area contributed by atoms with Gasteiger partial charge in [-0.2, -0.15) is 13.2 Å². The molecule has 0 radical (unpaired) electrons. The first kappa shape index (κ1) is 17.5. The van der Waals surface area contributed by atoms with E-state index in [0.29, 0.717) is 12.8 Å². The van der Waals surface area contributed by atoms with E-state index in [-0.39, 0.29) is 24.1 Å². The fourth-order valence-corrected chi connectivity index (χ4v) is 2.96. The molecule has 0 N–H and O–H groups in total. The number of alkyl halides is 3. The van der Waals surface area contributed by atoms with Crippen LogP contribution in [0.1, 0.15) is 36.0 Å². The molecule has 25 heavy (non-hydrogen) atoms. The van der Waals surface area contributed by atoms with Crippen LogP contribution in [0, 0.1) is 0 Å². The maximum Gasteiger partial charge on any atom is 0.416 e. The molecule has 0 unspecified atom stereocenters. The molecule has 1 aliphatic carbocycles. The number of rotatable bonds is 6. The fraction of sp³-hybridized carbons (Fsp3) is 0.350. The van der Waals surface area contributed by atoms with Gasteiger partial charge in [-0.15, -0.1) is 0 Å². The molecule has 132 valence electrons. The average Bonchev–Trinajstić information content (AvgIpc) is 3.43. The van der Waals surface area contributed by atoms with Gasteiger partial charge in [-0.25, -0.2) is 0 Å². The summed E-state index contributed by atoms with van der Waals surface area (Å²) >= 11 is 0. The first-order valence-corrected chi connectivity index (χ1v) is 8.43. The monoisotopic (exact) mass is 347 g/mol. The summed E-state index contributed by atoms with van der Waals surface area (Å²) in [5.74, 6) is -0.0802. The number of hydrogen-bond acceptors (Lipinski definition) is 1. The van der Waals surface area contributed by atoms with Gasteiger partial charge in [0.2, 0.25) is 5.91 Å². The second-order valence-corrected chi connectivity index (χ2v) is 6.39. The molecule has 0 spiro atoms. The van der Waals surface area contributed by atoms with Crippen molar-refractivity contribution in [1.29, 1.82) is 0 Å². The highest BCUT2D eigenvalue weighted by atomic mass is 19.4. The summed E-state index contributed by atoms with van der Waals surface area (Å²) < 4.78 is 39.5. The Morgan fingerprint density at radius 3 is 2.28 bits per heavy atom.